The van der Waals surface area contributed by atoms with Crippen LogP contribution in [0.3, 0.4) is 0 Å². The summed E-state index contributed by atoms with van der Waals surface area (Å²) in [6, 6.07) is 9.31. The van der Waals surface area contributed by atoms with Gasteiger partial charge >= 0.3 is 6.09 Å². The Kier molecular flexibility index (Phi) is 7.00. The first-order valence-corrected chi connectivity index (χ1v) is 11.8. The number of carbonyl (C=O) groups excluding carboxylic acids is 1. The lowest BCUT2D eigenvalue weighted by atomic mass is 9.72. The minimum Gasteiger partial charge on any atom is -0.465 e. The third-order valence-corrected chi connectivity index (χ3v) is 7.22. The molecule has 2 fully saturated rings. The maximum Gasteiger partial charge on any atom is 0.408 e. The predicted molar refractivity (Wildman–Crippen MR) is 127 cm³/mol. The summed E-state index contributed by atoms with van der Waals surface area (Å²) >= 11 is 6.08. The Bertz CT molecular complexity index is 1080. The number of aromatic nitrogens is 2. The van der Waals surface area contributed by atoms with E-state index in [9.17, 15) is 14.7 Å². The van der Waals surface area contributed by atoms with E-state index >= 15 is 0 Å². The lowest BCUT2D eigenvalue weighted by molar-refractivity contribution is -0.135. The largest absolute Gasteiger partial charge is 0.465 e. The Hall–Kier alpha value is -3.22. The molecule has 0 aliphatic carbocycles. The van der Waals surface area contributed by atoms with Crippen LogP contribution in [-0.4, -0.2) is 70.1 Å². The summed E-state index contributed by atoms with van der Waals surface area (Å²) in [5, 5.41) is 22.9. The molecular weight excluding hydrogens is 456 g/mol. The first-order chi connectivity index (χ1) is 16.4. The van der Waals surface area contributed by atoms with Gasteiger partial charge in [0.15, 0.2) is 5.78 Å². The third-order valence-electron chi connectivity index (χ3n) is 6.96. The number of piperidine rings is 1. The van der Waals surface area contributed by atoms with Gasteiger partial charge in [0.25, 0.3) is 0 Å². The number of nitrogens with zero attached hydrogens (tertiary/aromatic N) is 5. The lowest BCUT2D eigenvalue weighted by Gasteiger charge is -2.44. The van der Waals surface area contributed by atoms with Gasteiger partial charge in [-0.25, -0.2) is 14.8 Å². The van der Waals surface area contributed by atoms with Crippen LogP contribution in [0.5, 0.6) is 0 Å². The van der Waals surface area contributed by atoms with Crippen molar-refractivity contribution in [2.24, 2.45) is 5.92 Å². The van der Waals surface area contributed by atoms with Gasteiger partial charge in [0.1, 0.15) is 11.6 Å². The van der Waals surface area contributed by atoms with Crippen molar-refractivity contribution in [1.29, 1.82) is 5.26 Å². The number of rotatable bonds is 6. The second-order valence-electron chi connectivity index (χ2n) is 8.70. The van der Waals surface area contributed by atoms with E-state index in [2.05, 4.69) is 15.3 Å². The molecule has 3 heterocycles. The van der Waals surface area contributed by atoms with Crippen molar-refractivity contribution in [2.45, 2.75) is 31.2 Å². The SMILES string of the molecule is CCN(C(=O)O)[C@@]1(C(=O)C2CCN(c3ncc(C#N)cn3)CC2)CNC[C@@H]1c1ccc(Cl)cc1. The fourth-order valence-corrected chi connectivity index (χ4v) is 5.41. The van der Waals surface area contributed by atoms with Crippen LogP contribution in [0.2, 0.25) is 5.02 Å². The number of nitriles is 1. The number of ketones is 1. The third kappa shape index (κ3) is 4.31. The molecule has 0 bridgehead atoms. The Morgan fingerprint density at radius 3 is 2.47 bits per heavy atom. The van der Waals surface area contributed by atoms with E-state index in [4.69, 9.17) is 16.9 Å². The topological polar surface area (TPSA) is 122 Å². The highest BCUT2D eigenvalue weighted by Gasteiger charge is 2.56. The van der Waals surface area contributed by atoms with Gasteiger partial charge in [0.2, 0.25) is 5.95 Å². The van der Waals surface area contributed by atoms with Crippen LogP contribution in [0.15, 0.2) is 36.7 Å². The molecule has 1 aromatic heterocycles. The molecule has 10 heteroatoms. The minimum atomic E-state index is -1.19. The summed E-state index contributed by atoms with van der Waals surface area (Å²) in [6.45, 7) is 3.93. The van der Waals surface area contributed by atoms with Crippen LogP contribution in [0.25, 0.3) is 0 Å². The summed E-state index contributed by atoms with van der Waals surface area (Å²) in [6.07, 6.45) is 3.04. The van der Waals surface area contributed by atoms with Crippen molar-refractivity contribution in [3.8, 4) is 6.07 Å². The van der Waals surface area contributed by atoms with Gasteiger partial charge in [-0.05, 0) is 37.5 Å². The normalized spacial score (nSPS) is 22.9. The molecule has 4 rings (SSSR count). The Balaban J connectivity index is 1.60. The van der Waals surface area contributed by atoms with Gasteiger partial charge in [-0.1, -0.05) is 23.7 Å². The number of hydrogen-bond acceptors (Lipinski definition) is 7. The Morgan fingerprint density at radius 2 is 1.91 bits per heavy atom. The van der Waals surface area contributed by atoms with Crippen molar-refractivity contribution >= 4 is 29.4 Å². The van der Waals surface area contributed by atoms with Gasteiger partial charge in [-0.15, -0.1) is 0 Å². The zero-order chi connectivity index (χ0) is 24.3. The van der Waals surface area contributed by atoms with Crippen LogP contribution < -0.4 is 10.2 Å². The Labute approximate surface area is 203 Å². The summed E-state index contributed by atoms with van der Waals surface area (Å²) in [4.78, 5) is 38.3. The van der Waals surface area contributed by atoms with E-state index in [0.717, 1.165) is 5.56 Å². The van der Waals surface area contributed by atoms with Crippen molar-refractivity contribution in [2.75, 3.05) is 37.6 Å². The molecule has 2 aliphatic heterocycles. The van der Waals surface area contributed by atoms with Crippen molar-refractivity contribution < 1.29 is 14.7 Å². The fourth-order valence-electron chi connectivity index (χ4n) is 5.29. The molecule has 2 aromatic rings. The molecular formula is C24H27ClN6O3. The molecule has 34 heavy (non-hydrogen) atoms. The minimum absolute atomic E-state index is 0.0397. The van der Waals surface area contributed by atoms with E-state index in [1.807, 2.05) is 23.1 Å². The standard InChI is InChI=1S/C24H27ClN6O3/c1-2-31(23(33)34)24(15-27-14-20(24)17-3-5-19(25)6-4-17)21(32)18-7-9-30(10-8-18)22-28-12-16(11-26)13-29-22/h3-6,12-13,18,20,27H,2,7-10,14-15H2,1H3,(H,33,34)/t20-,24+/m1/s1. The van der Waals surface area contributed by atoms with Gasteiger partial charge in [0, 0.05) is 49.6 Å². The van der Waals surface area contributed by atoms with Crippen LogP contribution in [0.1, 0.15) is 36.8 Å². The van der Waals surface area contributed by atoms with Crippen molar-refractivity contribution in [3.63, 3.8) is 0 Å². The quantitative estimate of drug-likeness (QED) is 0.644. The van der Waals surface area contributed by atoms with Crippen LogP contribution in [0, 0.1) is 17.2 Å². The van der Waals surface area contributed by atoms with Crippen molar-refractivity contribution in [1.82, 2.24) is 20.2 Å². The van der Waals surface area contributed by atoms with Gasteiger partial charge in [0.05, 0.1) is 18.0 Å². The fraction of sp³-hybridized carbons (Fsp3) is 0.458. The van der Waals surface area contributed by atoms with Crippen molar-refractivity contribution in [3.05, 3.63) is 52.8 Å². The summed E-state index contributed by atoms with van der Waals surface area (Å²) < 4.78 is 0. The number of benzene rings is 1. The number of nitrogens with one attached hydrogen (secondary N) is 1. The highest BCUT2D eigenvalue weighted by atomic mass is 35.5. The number of halogens is 1. The predicted octanol–water partition coefficient (Wildman–Crippen LogP) is 2.91. The summed E-state index contributed by atoms with van der Waals surface area (Å²) in [5.41, 5.74) is 0.101. The zero-order valence-electron chi connectivity index (χ0n) is 18.9. The van der Waals surface area contributed by atoms with Gasteiger partial charge in [-0.3, -0.25) is 9.69 Å². The second-order valence-corrected chi connectivity index (χ2v) is 9.13. The molecule has 2 saturated heterocycles. The van der Waals surface area contributed by atoms with Gasteiger partial charge in [-0.2, -0.15) is 5.26 Å². The molecule has 0 spiro atoms. The maximum atomic E-state index is 14.1. The molecule has 0 unspecified atom stereocenters. The lowest BCUT2D eigenvalue weighted by Crippen LogP contribution is -2.63. The maximum absolute atomic E-state index is 14.1. The number of anilines is 1. The average Bonchev–Trinajstić information content (AvgIpc) is 3.30. The second kappa shape index (κ2) is 9.95. The molecule has 2 N–H and O–H groups in total. The van der Waals surface area contributed by atoms with Crippen LogP contribution in [-0.2, 0) is 4.79 Å². The monoisotopic (exact) mass is 482 g/mol. The first-order valence-electron chi connectivity index (χ1n) is 11.4. The zero-order valence-corrected chi connectivity index (χ0v) is 19.7. The number of carboxylic acid groups (broad SMARTS) is 1. The van der Waals surface area contributed by atoms with Gasteiger partial charge < -0.3 is 15.3 Å². The molecule has 2 aliphatic rings. The van der Waals surface area contributed by atoms with Crippen LogP contribution >= 0.6 is 11.6 Å². The van der Waals surface area contributed by atoms with E-state index < -0.39 is 11.6 Å². The molecule has 0 saturated carbocycles. The molecule has 1 aromatic carbocycles. The molecule has 0 radical (unpaired) electrons. The van der Waals surface area contributed by atoms with E-state index in [-0.39, 0.29) is 30.7 Å². The molecule has 2 atom stereocenters. The highest BCUT2D eigenvalue weighted by Crippen LogP contribution is 2.41. The Morgan fingerprint density at radius 1 is 1.26 bits per heavy atom. The smallest absolute Gasteiger partial charge is 0.408 e. The van der Waals surface area contributed by atoms with E-state index in [0.29, 0.717) is 49.0 Å². The number of Topliss-reactive ketones (excluding diaryl/α,β-unsaturated/α-hetero) is 1. The summed E-state index contributed by atoms with van der Waals surface area (Å²) in [5.74, 6) is -0.102. The molecule has 178 valence electrons. The average molecular weight is 483 g/mol. The highest BCUT2D eigenvalue weighted by molar-refractivity contribution is 6.30. The summed E-state index contributed by atoms with van der Waals surface area (Å²) in [7, 11) is 0. The number of amides is 1. The number of hydrogen-bond donors (Lipinski definition) is 2. The van der Waals surface area contributed by atoms with E-state index in [1.54, 1.807) is 19.1 Å². The number of likely N-dealkylation sites (N-methyl/N-ethyl adjacent to an activating group) is 1. The molecule has 9 nitrogen and oxygen atoms in total. The molecule has 1 amide bonds. The number of carbonyl (C=O) groups is 2. The first kappa shape index (κ1) is 23.9. The van der Waals surface area contributed by atoms with E-state index in [1.165, 1.54) is 17.3 Å². The van der Waals surface area contributed by atoms with Crippen LogP contribution in [0.4, 0.5) is 10.7 Å².